The second kappa shape index (κ2) is 10.4. The maximum Gasteiger partial charge on any atom is 0.306 e. The number of esters is 1. The normalized spacial score (nSPS) is 16.7. The number of carbonyl (C=O) groups is 1. The highest BCUT2D eigenvalue weighted by Gasteiger charge is 2.17. The van der Waals surface area contributed by atoms with E-state index in [-0.39, 0.29) is 12.1 Å². The maximum absolute atomic E-state index is 11.6. The molecule has 0 radical (unpaired) electrons. The summed E-state index contributed by atoms with van der Waals surface area (Å²) in [6.07, 6.45) is 10.8. The molecule has 1 aliphatic carbocycles. The quantitative estimate of drug-likeness (QED) is 0.464. The Bertz CT molecular complexity index is 210. The van der Waals surface area contributed by atoms with E-state index in [4.69, 9.17) is 9.47 Å². The van der Waals surface area contributed by atoms with Crippen LogP contribution in [0.4, 0.5) is 0 Å². The first kappa shape index (κ1) is 15.5. The highest BCUT2D eigenvalue weighted by molar-refractivity contribution is 5.69. The van der Waals surface area contributed by atoms with Crippen LogP contribution in [0.1, 0.15) is 71.1 Å². The first-order valence-corrected chi connectivity index (χ1v) is 7.60. The van der Waals surface area contributed by atoms with Gasteiger partial charge in [0.05, 0.1) is 0 Å². The smallest absolute Gasteiger partial charge is 0.306 e. The molecule has 1 fully saturated rings. The average molecular weight is 256 g/mol. The summed E-state index contributed by atoms with van der Waals surface area (Å²) in [4.78, 5) is 11.6. The van der Waals surface area contributed by atoms with E-state index >= 15 is 0 Å². The van der Waals surface area contributed by atoms with E-state index in [0.717, 1.165) is 51.7 Å². The van der Waals surface area contributed by atoms with Crippen LogP contribution in [-0.4, -0.2) is 25.3 Å². The van der Waals surface area contributed by atoms with Gasteiger partial charge in [0.15, 0.2) is 0 Å². The minimum Gasteiger partial charge on any atom is -0.462 e. The summed E-state index contributed by atoms with van der Waals surface area (Å²) < 4.78 is 10.9. The van der Waals surface area contributed by atoms with Crippen molar-refractivity contribution in [2.75, 3.05) is 13.2 Å². The second-order valence-electron chi connectivity index (χ2n) is 5.17. The summed E-state index contributed by atoms with van der Waals surface area (Å²) >= 11 is 0. The first-order valence-electron chi connectivity index (χ1n) is 7.60. The van der Waals surface area contributed by atoms with Crippen molar-refractivity contribution in [3.8, 4) is 0 Å². The summed E-state index contributed by atoms with van der Waals surface area (Å²) in [6.45, 7) is 3.79. The van der Waals surface area contributed by atoms with Gasteiger partial charge >= 0.3 is 5.97 Å². The van der Waals surface area contributed by atoms with Crippen molar-refractivity contribution >= 4 is 5.97 Å². The highest BCUT2D eigenvalue weighted by Crippen LogP contribution is 2.20. The van der Waals surface area contributed by atoms with Gasteiger partial charge in [-0.25, -0.2) is 0 Å². The molecular formula is C15H28O3. The molecule has 1 rings (SSSR count). The van der Waals surface area contributed by atoms with Crippen LogP contribution in [-0.2, 0) is 14.3 Å². The topological polar surface area (TPSA) is 35.5 Å². The molecule has 0 aliphatic heterocycles. The summed E-state index contributed by atoms with van der Waals surface area (Å²) in [5.41, 5.74) is 0. The monoisotopic (exact) mass is 256 g/mol. The lowest BCUT2D eigenvalue weighted by molar-refractivity contribution is -0.150. The van der Waals surface area contributed by atoms with Crippen LogP contribution in [0.25, 0.3) is 0 Å². The van der Waals surface area contributed by atoms with Crippen LogP contribution in [0.5, 0.6) is 0 Å². The number of rotatable bonds is 9. The fourth-order valence-corrected chi connectivity index (χ4v) is 2.32. The van der Waals surface area contributed by atoms with Gasteiger partial charge < -0.3 is 9.47 Å². The highest BCUT2D eigenvalue weighted by atomic mass is 16.5. The number of unbranched alkanes of at least 4 members (excludes halogenated alkanes) is 2. The van der Waals surface area contributed by atoms with Crippen molar-refractivity contribution in [1.29, 1.82) is 0 Å². The van der Waals surface area contributed by atoms with E-state index in [9.17, 15) is 4.79 Å². The van der Waals surface area contributed by atoms with Crippen LogP contribution < -0.4 is 0 Å². The third-order valence-electron chi connectivity index (χ3n) is 3.37. The van der Waals surface area contributed by atoms with Crippen molar-refractivity contribution in [1.82, 2.24) is 0 Å². The number of hydrogen-bond donors (Lipinski definition) is 0. The lowest BCUT2D eigenvalue weighted by atomic mass is 9.98. The third kappa shape index (κ3) is 7.70. The predicted octanol–water partition coefficient (Wildman–Crippen LogP) is 3.85. The molecule has 0 aromatic rings. The lowest BCUT2D eigenvalue weighted by Gasteiger charge is -2.21. The zero-order valence-corrected chi connectivity index (χ0v) is 11.8. The molecule has 0 aromatic heterocycles. The minimum atomic E-state index is -0.00336. The standard InChI is InChI=1S/C15H28O3/c1-2-12-17-13-8-4-7-11-15(16)18-14-9-5-3-6-10-14/h14H,2-13H2,1H3. The van der Waals surface area contributed by atoms with E-state index in [0.29, 0.717) is 6.42 Å². The van der Waals surface area contributed by atoms with Crippen LogP contribution in [0.3, 0.4) is 0 Å². The Kier molecular flexibility index (Phi) is 8.92. The largest absolute Gasteiger partial charge is 0.462 e. The van der Waals surface area contributed by atoms with Gasteiger partial charge in [0.1, 0.15) is 6.10 Å². The van der Waals surface area contributed by atoms with Crippen LogP contribution in [0.15, 0.2) is 0 Å². The van der Waals surface area contributed by atoms with Crippen LogP contribution >= 0.6 is 0 Å². The second-order valence-corrected chi connectivity index (χ2v) is 5.17. The molecular weight excluding hydrogens is 228 g/mol. The molecule has 0 saturated heterocycles. The fourth-order valence-electron chi connectivity index (χ4n) is 2.32. The van der Waals surface area contributed by atoms with Gasteiger partial charge in [-0.15, -0.1) is 0 Å². The van der Waals surface area contributed by atoms with Gasteiger partial charge in [0.25, 0.3) is 0 Å². The molecule has 0 spiro atoms. The first-order chi connectivity index (χ1) is 8.83. The van der Waals surface area contributed by atoms with Crippen LogP contribution in [0.2, 0.25) is 0 Å². The molecule has 106 valence electrons. The van der Waals surface area contributed by atoms with Crippen molar-refractivity contribution < 1.29 is 14.3 Å². The van der Waals surface area contributed by atoms with Gasteiger partial charge in [0.2, 0.25) is 0 Å². The SMILES string of the molecule is CCCOCCCCCC(=O)OC1CCCCC1. The molecule has 0 N–H and O–H groups in total. The van der Waals surface area contributed by atoms with Gasteiger partial charge in [-0.1, -0.05) is 19.8 Å². The minimum absolute atomic E-state index is 0.00336. The molecule has 1 saturated carbocycles. The molecule has 18 heavy (non-hydrogen) atoms. The van der Waals surface area contributed by atoms with Crippen LogP contribution in [0, 0.1) is 0 Å². The predicted molar refractivity (Wildman–Crippen MR) is 72.5 cm³/mol. The Balaban J connectivity index is 1.90. The average Bonchev–Trinajstić information content (AvgIpc) is 2.39. The summed E-state index contributed by atoms with van der Waals surface area (Å²) in [6, 6.07) is 0. The van der Waals surface area contributed by atoms with Gasteiger partial charge in [-0.05, 0) is 44.9 Å². The Hall–Kier alpha value is -0.570. The molecule has 1 aliphatic rings. The molecule has 0 aromatic carbocycles. The maximum atomic E-state index is 11.6. The molecule has 0 bridgehead atoms. The van der Waals surface area contributed by atoms with Gasteiger partial charge in [-0.3, -0.25) is 4.79 Å². The van der Waals surface area contributed by atoms with Crippen molar-refractivity contribution in [3.05, 3.63) is 0 Å². The van der Waals surface area contributed by atoms with E-state index < -0.39 is 0 Å². The Morgan fingerprint density at radius 3 is 2.56 bits per heavy atom. The Labute approximate surface area is 111 Å². The molecule has 3 heteroatoms. The van der Waals surface area contributed by atoms with E-state index in [1.165, 1.54) is 19.3 Å². The lowest BCUT2D eigenvalue weighted by Crippen LogP contribution is -2.20. The van der Waals surface area contributed by atoms with E-state index in [1.54, 1.807) is 0 Å². The molecule has 0 unspecified atom stereocenters. The molecule has 0 atom stereocenters. The fraction of sp³-hybridized carbons (Fsp3) is 0.933. The zero-order valence-electron chi connectivity index (χ0n) is 11.8. The van der Waals surface area contributed by atoms with Crippen molar-refractivity contribution in [3.63, 3.8) is 0 Å². The van der Waals surface area contributed by atoms with Crippen molar-refractivity contribution in [2.45, 2.75) is 77.2 Å². The van der Waals surface area contributed by atoms with Crippen molar-refractivity contribution in [2.24, 2.45) is 0 Å². The van der Waals surface area contributed by atoms with Gasteiger partial charge in [0, 0.05) is 19.6 Å². The number of ether oxygens (including phenoxy) is 2. The van der Waals surface area contributed by atoms with E-state index in [1.807, 2.05) is 0 Å². The molecule has 3 nitrogen and oxygen atoms in total. The summed E-state index contributed by atoms with van der Waals surface area (Å²) in [5.74, 6) is -0.00336. The number of carbonyl (C=O) groups excluding carboxylic acids is 1. The Morgan fingerprint density at radius 1 is 1.06 bits per heavy atom. The molecule has 0 amide bonds. The molecule has 0 heterocycles. The Morgan fingerprint density at radius 2 is 1.83 bits per heavy atom. The van der Waals surface area contributed by atoms with E-state index in [2.05, 4.69) is 6.92 Å². The van der Waals surface area contributed by atoms with Gasteiger partial charge in [-0.2, -0.15) is 0 Å². The number of hydrogen-bond acceptors (Lipinski definition) is 3. The summed E-state index contributed by atoms with van der Waals surface area (Å²) in [7, 11) is 0. The zero-order chi connectivity index (χ0) is 13.1. The summed E-state index contributed by atoms with van der Waals surface area (Å²) in [5, 5.41) is 0. The third-order valence-corrected chi connectivity index (χ3v) is 3.37.